The number of carboxylic acid groups (broad SMARTS) is 1. The fourth-order valence-electron chi connectivity index (χ4n) is 7.64. The predicted octanol–water partition coefficient (Wildman–Crippen LogP) is 5.19. The molecule has 2 heterocycles. The Kier molecular flexibility index (Phi) is 6.53. The van der Waals surface area contributed by atoms with Gasteiger partial charge in [-0.15, -0.1) is 0 Å². The van der Waals surface area contributed by atoms with E-state index in [4.69, 9.17) is 9.47 Å². The topological polar surface area (TPSA) is 101 Å². The van der Waals surface area contributed by atoms with E-state index in [2.05, 4.69) is 9.98 Å². The van der Waals surface area contributed by atoms with Crippen LogP contribution in [0.5, 0.6) is 0 Å². The number of carbonyl (C=O) groups is 1. The third kappa shape index (κ3) is 4.16. The van der Waals surface area contributed by atoms with E-state index in [-0.39, 0.29) is 61.8 Å². The molecule has 7 unspecified atom stereocenters. The summed E-state index contributed by atoms with van der Waals surface area (Å²) in [7, 11) is 0. The van der Waals surface area contributed by atoms with Crippen molar-refractivity contribution in [2.75, 3.05) is 19.8 Å². The van der Waals surface area contributed by atoms with Crippen LogP contribution in [-0.2, 0) is 14.3 Å². The van der Waals surface area contributed by atoms with Crippen LogP contribution in [0.1, 0.15) is 33.1 Å². The van der Waals surface area contributed by atoms with E-state index in [0.717, 1.165) is 12.5 Å². The van der Waals surface area contributed by atoms with Gasteiger partial charge in [0.25, 0.3) is 6.43 Å². The smallest absolute Gasteiger partial charge is 0.416 e. The summed E-state index contributed by atoms with van der Waals surface area (Å²) in [5, 5.41) is 19.3. The average molecular weight is 601 g/mol. The molecule has 0 aromatic rings. The van der Waals surface area contributed by atoms with Crippen LogP contribution in [0.15, 0.2) is 56.8 Å². The normalized spacial score (nSPS) is 37.6. The lowest BCUT2D eigenvalue weighted by molar-refractivity contribution is -0.142. The summed E-state index contributed by atoms with van der Waals surface area (Å²) >= 11 is 0. The minimum absolute atomic E-state index is 0.0350. The number of aliphatic imine (C=N–C) groups is 2. The number of aliphatic hydroxyl groups is 1. The first kappa shape index (κ1) is 29.0. The number of alkyl halides is 5. The zero-order valence-corrected chi connectivity index (χ0v) is 22.8. The molecule has 0 aromatic carbocycles. The van der Waals surface area contributed by atoms with E-state index in [0.29, 0.717) is 12.5 Å². The Morgan fingerprint density at radius 1 is 1.19 bits per heavy atom. The number of hydrogen-bond acceptors (Lipinski definition) is 6. The molecule has 5 aliphatic carbocycles. The summed E-state index contributed by atoms with van der Waals surface area (Å²) in [6, 6.07) is -0.731. The Labute approximate surface area is 237 Å². The van der Waals surface area contributed by atoms with Gasteiger partial charge in [-0.05, 0) is 62.3 Å². The van der Waals surface area contributed by atoms with Gasteiger partial charge in [-0.3, -0.25) is 9.79 Å². The quantitative estimate of drug-likeness (QED) is 0.374. The van der Waals surface area contributed by atoms with Gasteiger partial charge in [0.1, 0.15) is 11.4 Å². The molecule has 2 N–H and O–H groups in total. The highest BCUT2D eigenvalue weighted by Gasteiger charge is 3.03. The molecule has 0 radical (unpaired) electrons. The van der Waals surface area contributed by atoms with Crippen LogP contribution in [0.2, 0.25) is 0 Å². The largest absolute Gasteiger partial charge is 0.481 e. The van der Waals surface area contributed by atoms with Gasteiger partial charge >= 0.3 is 12.1 Å². The fourth-order valence-corrected chi connectivity index (χ4v) is 7.64. The van der Waals surface area contributed by atoms with Gasteiger partial charge in [-0.25, -0.2) is 18.2 Å². The van der Waals surface area contributed by atoms with Crippen LogP contribution in [0.25, 0.3) is 0 Å². The minimum atomic E-state index is -4.81. The van der Waals surface area contributed by atoms with Crippen molar-refractivity contribution in [3.8, 4) is 0 Å². The molecular weight excluding hydrogens is 570 g/mol. The molecule has 42 heavy (non-hydrogen) atoms. The lowest BCUT2D eigenvalue weighted by atomic mass is 9.78. The summed E-state index contributed by atoms with van der Waals surface area (Å²) in [4.78, 5) is 20.5. The maximum absolute atomic E-state index is 15.0. The first-order valence-electron chi connectivity index (χ1n) is 13.8. The number of halogens is 6. The first-order chi connectivity index (χ1) is 19.6. The summed E-state index contributed by atoms with van der Waals surface area (Å²) in [5.74, 6) is -3.11. The number of carboxylic acids is 1. The summed E-state index contributed by atoms with van der Waals surface area (Å²) in [6.45, 7) is 2.30. The highest BCUT2D eigenvalue weighted by molar-refractivity contribution is 5.97. The number of nitrogens with zero attached hydrogens (tertiary/aromatic N) is 2. The molecule has 1 spiro atoms. The molecule has 7 rings (SSSR count). The van der Waals surface area contributed by atoms with Crippen molar-refractivity contribution in [3.05, 3.63) is 46.9 Å². The highest BCUT2D eigenvalue weighted by Crippen LogP contribution is 3.00. The Balaban J connectivity index is 1.11. The van der Waals surface area contributed by atoms with Gasteiger partial charge in [0.05, 0.1) is 36.8 Å². The van der Waals surface area contributed by atoms with E-state index in [1.807, 2.05) is 0 Å². The second kappa shape index (κ2) is 9.45. The molecule has 4 fully saturated rings. The molecule has 13 heteroatoms. The molecule has 4 saturated carbocycles. The molecule has 7 nitrogen and oxygen atoms in total. The molecular formula is C29H30F6N2O5. The SMILES string of the molecule is CC1N=C(OCCC(C)(O)C(F)F)C=CC1C1=C(C(F)(F)F)C=C(F)C(COC2=NCC34C(=C2)CC2C3[C@]24C(=O)O)C1. The molecule has 8 atom stereocenters. The maximum Gasteiger partial charge on any atom is 0.416 e. The van der Waals surface area contributed by atoms with Gasteiger partial charge in [-0.2, -0.15) is 13.2 Å². The number of rotatable bonds is 8. The van der Waals surface area contributed by atoms with Crippen LogP contribution >= 0.6 is 0 Å². The van der Waals surface area contributed by atoms with E-state index in [1.54, 1.807) is 13.0 Å². The van der Waals surface area contributed by atoms with Gasteiger partial charge in [0, 0.05) is 23.7 Å². The monoisotopic (exact) mass is 600 g/mol. The van der Waals surface area contributed by atoms with Gasteiger partial charge in [0.15, 0.2) is 0 Å². The van der Waals surface area contributed by atoms with Crippen LogP contribution in [-0.4, -0.2) is 72.0 Å². The van der Waals surface area contributed by atoms with E-state index in [9.17, 15) is 41.4 Å². The van der Waals surface area contributed by atoms with Crippen molar-refractivity contribution >= 4 is 17.8 Å². The van der Waals surface area contributed by atoms with Crippen LogP contribution < -0.4 is 0 Å². The van der Waals surface area contributed by atoms with Crippen LogP contribution in [0, 0.1) is 34.5 Å². The summed E-state index contributed by atoms with van der Waals surface area (Å²) < 4.78 is 93.8. The number of aliphatic carboxylic acids is 1. The lowest BCUT2D eigenvalue weighted by Crippen LogP contribution is -2.35. The van der Waals surface area contributed by atoms with Crippen molar-refractivity contribution in [2.45, 2.75) is 57.4 Å². The van der Waals surface area contributed by atoms with E-state index >= 15 is 0 Å². The zero-order chi connectivity index (χ0) is 30.4. The third-order valence-electron chi connectivity index (χ3n) is 9.95. The molecule has 0 amide bonds. The number of hydrogen-bond donors (Lipinski definition) is 2. The summed E-state index contributed by atoms with van der Waals surface area (Å²) in [6.07, 6.45) is -2.77. The Hall–Kier alpha value is -3.09. The number of ether oxygens (including phenoxy) is 2. The molecule has 0 saturated heterocycles. The first-order valence-corrected chi connectivity index (χ1v) is 13.8. The molecule has 0 aromatic heterocycles. The van der Waals surface area contributed by atoms with Crippen LogP contribution in [0.3, 0.4) is 0 Å². The maximum atomic E-state index is 15.0. The number of allylic oxidation sites excluding steroid dienone is 2. The van der Waals surface area contributed by atoms with E-state index < -0.39 is 64.3 Å². The van der Waals surface area contributed by atoms with Crippen molar-refractivity contribution in [2.24, 2.45) is 44.5 Å². The van der Waals surface area contributed by atoms with Crippen molar-refractivity contribution in [3.63, 3.8) is 0 Å². The zero-order valence-electron chi connectivity index (χ0n) is 22.8. The lowest BCUT2D eigenvalue weighted by Gasteiger charge is -2.32. The molecule has 2 bridgehead atoms. The Morgan fingerprint density at radius 2 is 1.93 bits per heavy atom. The fraction of sp³-hybridized carbons (Fsp3) is 0.621. The van der Waals surface area contributed by atoms with Crippen molar-refractivity contribution in [1.29, 1.82) is 0 Å². The van der Waals surface area contributed by atoms with Gasteiger partial charge < -0.3 is 19.7 Å². The van der Waals surface area contributed by atoms with Crippen molar-refractivity contribution < 1.29 is 50.8 Å². The molecule has 228 valence electrons. The number of dihydropyridines is 2. The third-order valence-corrected chi connectivity index (χ3v) is 9.95. The Bertz CT molecular complexity index is 1390. The second-order valence-corrected chi connectivity index (χ2v) is 12.3. The summed E-state index contributed by atoms with van der Waals surface area (Å²) in [5.41, 5.74) is -3.57. The predicted molar refractivity (Wildman–Crippen MR) is 138 cm³/mol. The second-order valence-electron chi connectivity index (χ2n) is 12.3. The van der Waals surface area contributed by atoms with Gasteiger partial charge in [0.2, 0.25) is 11.8 Å². The van der Waals surface area contributed by atoms with Crippen LogP contribution in [0.4, 0.5) is 26.3 Å². The Morgan fingerprint density at radius 3 is 2.55 bits per heavy atom. The van der Waals surface area contributed by atoms with E-state index in [1.165, 1.54) is 12.2 Å². The average Bonchev–Trinajstić information content (AvgIpc) is 3.66. The molecule has 7 aliphatic rings. The standard InChI is InChI=1S/C29H30F6N2O5/c1-13-16(3-4-21(37-13)41-6-5-26(2,40)24(31)32)17-7-14(20(30)10-18(17)29(33,34)35)11-42-22-9-15-8-19-23-27(15,12-36-22)28(19,23)25(38)39/h3-4,9-10,13-14,16,19,23-24,40H,5-8,11-12H2,1-2H3,(H,38,39)/t13?,14?,16?,19?,23?,26?,27?,28-/m0/s1. The molecule has 2 aliphatic heterocycles. The van der Waals surface area contributed by atoms with Crippen molar-refractivity contribution in [1.82, 2.24) is 0 Å². The highest BCUT2D eigenvalue weighted by atomic mass is 19.4. The minimum Gasteiger partial charge on any atom is -0.481 e. The van der Waals surface area contributed by atoms with Gasteiger partial charge in [-0.1, -0.05) is 11.6 Å².